The second kappa shape index (κ2) is 4.57. The number of ether oxygens (including phenoxy) is 1. The quantitative estimate of drug-likeness (QED) is 0.735. The summed E-state index contributed by atoms with van der Waals surface area (Å²) in [6.07, 6.45) is 1.61. The number of morpholine rings is 1. The van der Waals surface area contributed by atoms with Gasteiger partial charge in [0, 0.05) is 31.4 Å². The molecule has 0 atom stereocenters. The van der Waals surface area contributed by atoms with Gasteiger partial charge in [0.2, 0.25) is 0 Å². The number of carbonyl (C=O) groups is 1. The monoisotopic (exact) mass is 250 g/mol. The van der Waals surface area contributed by atoms with Crippen LogP contribution in [0.3, 0.4) is 0 Å². The summed E-state index contributed by atoms with van der Waals surface area (Å²) in [7, 11) is 1.66. The van der Waals surface area contributed by atoms with Crippen LogP contribution in [0.15, 0.2) is 23.1 Å². The fraction of sp³-hybridized carbons (Fsp3) is 0.538. The predicted octanol–water partition coefficient (Wildman–Crippen LogP) is 0.636. The summed E-state index contributed by atoms with van der Waals surface area (Å²) in [6, 6.07) is 3.06. The van der Waals surface area contributed by atoms with Gasteiger partial charge in [-0.25, -0.2) is 0 Å². The molecule has 1 aliphatic rings. The third-order valence-corrected chi connectivity index (χ3v) is 3.24. The molecule has 0 radical (unpaired) electrons. The van der Waals surface area contributed by atoms with Crippen molar-refractivity contribution in [3.8, 4) is 0 Å². The first-order chi connectivity index (χ1) is 8.42. The van der Waals surface area contributed by atoms with Gasteiger partial charge in [-0.05, 0) is 19.9 Å². The highest BCUT2D eigenvalue weighted by Gasteiger charge is 2.34. The third kappa shape index (κ3) is 2.31. The summed E-state index contributed by atoms with van der Waals surface area (Å²) in [5.41, 5.74) is -0.0730. The van der Waals surface area contributed by atoms with Crippen molar-refractivity contribution in [2.24, 2.45) is 7.05 Å². The predicted molar refractivity (Wildman–Crippen MR) is 67.6 cm³/mol. The third-order valence-electron chi connectivity index (χ3n) is 3.24. The zero-order valence-corrected chi connectivity index (χ0v) is 11.0. The van der Waals surface area contributed by atoms with E-state index in [1.54, 1.807) is 24.2 Å². The lowest BCUT2D eigenvalue weighted by atomic mass is 10.0. The van der Waals surface area contributed by atoms with E-state index in [-0.39, 0.29) is 17.0 Å². The number of amides is 1. The van der Waals surface area contributed by atoms with Crippen molar-refractivity contribution in [2.45, 2.75) is 19.4 Å². The van der Waals surface area contributed by atoms with E-state index >= 15 is 0 Å². The Morgan fingerprint density at radius 2 is 2.17 bits per heavy atom. The molecule has 1 fully saturated rings. The van der Waals surface area contributed by atoms with Crippen molar-refractivity contribution < 1.29 is 9.53 Å². The second-order valence-corrected chi connectivity index (χ2v) is 5.19. The summed E-state index contributed by atoms with van der Waals surface area (Å²) in [4.78, 5) is 25.7. The molecular formula is C13H18N2O3. The number of pyridine rings is 1. The lowest BCUT2D eigenvalue weighted by Gasteiger charge is -2.42. The smallest absolute Gasteiger partial charge is 0.254 e. The molecule has 1 saturated heterocycles. The van der Waals surface area contributed by atoms with Gasteiger partial charge in [-0.3, -0.25) is 9.59 Å². The summed E-state index contributed by atoms with van der Waals surface area (Å²) < 4.78 is 6.83. The first-order valence-corrected chi connectivity index (χ1v) is 5.98. The van der Waals surface area contributed by atoms with E-state index in [1.807, 2.05) is 13.8 Å². The summed E-state index contributed by atoms with van der Waals surface area (Å²) in [5.74, 6) is -0.110. The average Bonchev–Trinajstić information content (AvgIpc) is 2.31. The zero-order valence-electron chi connectivity index (χ0n) is 11.0. The van der Waals surface area contributed by atoms with E-state index in [4.69, 9.17) is 4.74 Å². The maximum Gasteiger partial charge on any atom is 0.254 e. The molecule has 2 heterocycles. The molecule has 0 aromatic carbocycles. The topological polar surface area (TPSA) is 51.5 Å². The maximum atomic E-state index is 12.4. The summed E-state index contributed by atoms with van der Waals surface area (Å²) in [5, 5.41) is 0. The van der Waals surface area contributed by atoms with Gasteiger partial charge in [0.1, 0.15) is 0 Å². The molecule has 0 N–H and O–H groups in total. The highest BCUT2D eigenvalue weighted by atomic mass is 16.5. The highest BCUT2D eigenvalue weighted by molar-refractivity contribution is 5.94. The molecule has 18 heavy (non-hydrogen) atoms. The average molecular weight is 250 g/mol. The van der Waals surface area contributed by atoms with E-state index in [1.165, 1.54) is 10.6 Å². The number of rotatable bonds is 1. The van der Waals surface area contributed by atoms with E-state index in [0.29, 0.717) is 25.3 Å². The van der Waals surface area contributed by atoms with Crippen molar-refractivity contribution in [1.29, 1.82) is 0 Å². The van der Waals surface area contributed by atoms with E-state index in [9.17, 15) is 9.59 Å². The normalized spacial score (nSPS) is 18.7. The van der Waals surface area contributed by atoms with Gasteiger partial charge in [0.05, 0.1) is 18.8 Å². The molecule has 1 aliphatic heterocycles. The molecule has 0 aliphatic carbocycles. The first kappa shape index (κ1) is 12.8. The molecule has 1 aromatic heterocycles. The Bertz CT molecular complexity index is 519. The van der Waals surface area contributed by atoms with Crippen LogP contribution in [0.1, 0.15) is 24.2 Å². The van der Waals surface area contributed by atoms with Crippen molar-refractivity contribution in [3.05, 3.63) is 34.2 Å². The Balaban J connectivity index is 2.30. The van der Waals surface area contributed by atoms with Crippen molar-refractivity contribution in [1.82, 2.24) is 9.47 Å². The molecule has 1 amide bonds. The summed E-state index contributed by atoms with van der Waals surface area (Å²) >= 11 is 0. The van der Waals surface area contributed by atoms with Gasteiger partial charge in [-0.1, -0.05) is 0 Å². The molecule has 2 rings (SSSR count). The minimum atomic E-state index is -0.337. The van der Waals surface area contributed by atoms with Crippen LogP contribution >= 0.6 is 0 Å². The van der Waals surface area contributed by atoms with Gasteiger partial charge >= 0.3 is 0 Å². The largest absolute Gasteiger partial charge is 0.377 e. The number of carbonyl (C=O) groups excluding carboxylic acids is 1. The lowest BCUT2D eigenvalue weighted by Crippen LogP contribution is -2.55. The van der Waals surface area contributed by atoms with Crippen LogP contribution in [0.2, 0.25) is 0 Å². The molecule has 5 heteroatoms. The van der Waals surface area contributed by atoms with Gasteiger partial charge in [-0.2, -0.15) is 0 Å². The molecule has 1 aromatic rings. The van der Waals surface area contributed by atoms with Crippen LogP contribution in [0.4, 0.5) is 0 Å². The molecule has 5 nitrogen and oxygen atoms in total. The fourth-order valence-corrected chi connectivity index (χ4v) is 2.07. The van der Waals surface area contributed by atoms with Crippen LogP contribution in [0.25, 0.3) is 0 Å². The van der Waals surface area contributed by atoms with Crippen molar-refractivity contribution >= 4 is 5.91 Å². The van der Waals surface area contributed by atoms with Crippen LogP contribution in [0, 0.1) is 0 Å². The van der Waals surface area contributed by atoms with E-state index in [0.717, 1.165) is 0 Å². The van der Waals surface area contributed by atoms with Gasteiger partial charge in [0.15, 0.2) is 0 Å². The van der Waals surface area contributed by atoms with Crippen molar-refractivity contribution in [3.63, 3.8) is 0 Å². The number of hydrogen-bond acceptors (Lipinski definition) is 3. The van der Waals surface area contributed by atoms with E-state index in [2.05, 4.69) is 0 Å². The SMILES string of the molecule is Cn1ccc(C(=O)N2CCOCC2(C)C)cc1=O. The Morgan fingerprint density at radius 1 is 1.44 bits per heavy atom. The minimum Gasteiger partial charge on any atom is -0.377 e. The van der Waals surface area contributed by atoms with E-state index < -0.39 is 0 Å². The lowest BCUT2D eigenvalue weighted by molar-refractivity contribution is -0.0370. The molecule has 0 saturated carbocycles. The molecular weight excluding hydrogens is 232 g/mol. The van der Waals surface area contributed by atoms with Crippen LogP contribution in [-0.4, -0.2) is 40.7 Å². The molecule has 0 spiro atoms. The standard InChI is InChI=1S/C13H18N2O3/c1-13(2)9-18-7-6-15(13)12(17)10-4-5-14(3)11(16)8-10/h4-5,8H,6-7,9H2,1-3H3. The molecule has 0 unspecified atom stereocenters. The second-order valence-electron chi connectivity index (χ2n) is 5.19. The highest BCUT2D eigenvalue weighted by Crippen LogP contribution is 2.21. The van der Waals surface area contributed by atoms with Gasteiger partial charge in [-0.15, -0.1) is 0 Å². The van der Waals surface area contributed by atoms with Crippen molar-refractivity contribution in [2.75, 3.05) is 19.8 Å². The van der Waals surface area contributed by atoms with Crippen LogP contribution in [0.5, 0.6) is 0 Å². The molecule has 0 bridgehead atoms. The Hall–Kier alpha value is -1.62. The first-order valence-electron chi connectivity index (χ1n) is 5.98. The van der Waals surface area contributed by atoms with Crippen LogP contribution in [-0.2, 0) is 11.8 Å². The number of hydrogen-bond donors (Lipinski definition) is 0. The molecule has 98 valence electrons. The Labute approximate surface area is 106 Å². The minimum absolute atomic E-state index is 0.110. The van der Waals surface area contributed by atoms with Crippen LogP contribution < -0.4 is 5.56 Å². The fourth-order valence-electron chi connectivity index (χ4n) is 2.07. The Morgan fingerprint density at radius 3 is 2.78 bits per heavy atom. The maximum absolute atomic E-state index is 12.4. The number of nitrogens with zero attached hydrogens (tertiary/aromatic N) is 2. The van der Waals surface area contributed by atoms with Gasteiger partial charge in [0.25, 0.3) is 11.5 Å². The Kier molecular flexibility index (Phi) is 3.26. The van der Waals surface area contributed by atoms with Gasteiger partial charge < -0.3 is 14.2 Å². The number of aryl methyl sites for hydroxylation is 1. The summed E-state index contributed by atoms with van der Waals surface area (Å²) in [6.45, 7) is 5.54. The number of aromatic nitrogens is 1. The zero-order chi connectivity index (χ0) is 13.3.